The summed E-state index contributed by atoms with van der Waals surface area (Å²) in [5.74, 6) is -0.753. The monoisotopic (exact) mass is 350 g/mol. The number of carbonyl (C=O) groups is 1. The van der Waals surface area contributed by atoms with Gasteiger partial charge in [0, 0.05) is 25.2 Å². The van der Waals surface area contributed by atoms with Gasteiger partial charge in [-0.15, -0.1) is 0 Å². The smallest absolute Gasteiger partial charge is 0.387 e. The van der Waals surface area contributed by atoms with Gasteiger partial charge in [-0.3, -0.25) is 4.79 Å². The average Bonchev–Trinajstić information content (AvgIpc) is 2.61. The Kier molecular flexibility index (Phi) is 5.23. The molecule has 132 valence electrons. The lowest BCUT2D eigenvalue weighted by molar-refractivity contribution is -0.0499. The van der Waals surface area contributed by atoms with E-state index in [2.05, 4.69) is 10.1 Å². The van der Waals surface area contributed by atoms with E-state index in [0.717, 1.165) is 0 Å². The number of benzene rings is 2. The largest absolute Gasteiger partial charge is 0.435 e. The van der Waals surface area contributed by atoms with E-state index in [4.69, 9.17) is 0 Å². The first-order valence-electron chi connectivity index (χ1n) is 7.86. The van der Waals surface area contributed by atoms with Crippen LogP contribution in [0, 0.1) is 5.82 Å². The highest BCUT2D eigenvalue weighted by molar-refractivity contribution is 5.95. The summed E-state index contributed by atoms with van der Waals surface area (Å²) in [6.45, 7) is -1.43. The summed E-state index contributed by atoms with van der Waals surface area (Å²) >= 11 is 0. The minimum atomic E-state index is -2.95. The van der Waals surface area contributed by atoms with Crippen molar-refractivity contribution in [2.24, 2.45) is 0 Å². The number of piperazine rings is 1. The van der Waals surface area contributed by atoms with Crippen LogP contribution in [0.3, 0.4) is 0 Å². The molecule has 0 radical (unpaired) electrons. The molecular weight excluding hydrogens is 333 g/mol. The lowest BCUT2D eigenvalue weighted by Gasteiger charge is -2.36. The van der Waals surface area contributed by atoms with Crippen molar-refractivity contribution in [3.05, 3.63) is 65.5 Å². The molecule has 0 aromatic heterocycles. The molecule has 0 spiro atoms. The molecule has 2 aromatic carbocycles. The Morgan fingerprint density at radius 2 is 2.00 bits per heavy atom. The van der Waals surface area contributed by atoms with Crippen LogP contribution in [-0.2, 0) is 0 Å². The van der Waals surface area contributed by atoms with Gasteiger partial charge in [0.1, 0.15) is 11.6 Å². The molecule has 25 heavy (non-hydrogen) atoms. The van der Waals surface area contributed by atoms with Gasteiger partial charge in [0.15, 0.2) is 0 Å². The van der Waals surface area contributed by atoms with Crippen LogP contribution >= 0.6 is 0 Å². The Morgan fingerprint density at radius 3 is 2.76 bits per heavy atom. The van der Waals surface area contributed by atoms with Crippen molar-refractivity contribution < 1.29 is 22.7 Å². The molecular formula is C18H17F3N2O2. The van der Waals surface area contributed by atoms with Crippen LogP contribution in [0.5, 0.6) is 5.75 Å². The lowest BCUT2D eigenvalue weighted by Crippen LogP contribution is -2.48. The molecule has 7 heteroatoms. The highest BCUT2D eigenvalue weighted by atomic mass is 19.3. The van der Waals surface area contributed by atoms with Gasteiger partial charge in [0.2, 0.25) is 0 Å². The number of rotatable bonds is 4. The minimum Gasteiger partial charge on any atom is -0.435 e. The predicted octanol–water partition coefficient (Wildman–Crippen LogP) is 3.21. The molecule has 1 aliphatic rings. The summed E-state index contributed by atoms with van der Waals surface area (Å²) in [4.78, 5) is 14.5. The topological polar surface area (TPSA) is 41.6 Å². The molecule has 1 saturated heterocycles. The highest BCUT2D eigenvalue weighted by Crippen LogP contribution is 2.26. The van der Waals surface area contributed by atoms with Crippen molar-refractivity contribution >= 4 is 5.91 Å². The number of hydrogen-bond donors (Lipinski definition) is 1. The molecule has 1 amide bonds. The number of carbonyl (C=O) groups excluding carboxylic acids is 1. The second-order valence-corrected chi connectivity index (χ2v) is 5.68. The third-order valence-corrected chi connectivity index (χ3v) is 4.04. The number of nitrogens with one attached hydrogen (secondary N) is 1. The van der Waals surface area contributed by atoms with E-state index in [-0.39, 0.29) is 29.1 Å². The van der Waals surface area contributed by atoms with E-state index in [9.17, 15) is 18.0 Å². The molecule has 0 saturated carbocycles. The van der Waals surface area contributed by atoms with Crippen molar-refractivity contribution in [2.75, 3.05) is 19.6 Å². The molecule has 1 atom stereocenters. The average molecular weight is 350 g/mol. The fourth-order valence-electron chi connectivity index (χ4n) is 2.93. The van der Waals surface area contributed by atoms with Gasteiger partial charge in [0.05, 0.1) is 6.04 Å². The van der Waals surface area contributed by atoms with Crippen LogP contribution in [0.2, 0.25) is 0 Å². The van der Waals surface area contributed by atoms with Crippen LogP contribution in [0.15, 0.2) is 48.5 Å². The Bertz CT molecular complexity index is 755. The number of nitrogens with zero attached hydrogens (tertiary/aromatic N) is 1. The van der Waals surface area contributed by atoms with Crippen molar-refractivity contribution in [1.82, 2.24) is 10.2 Å². The molecule has 4 nitrogen and oxygen atoms in total. The summed E-state index contributed by atoms with van der Waals surface area (Å²) in [6.07, 6.45) is 0. The minimum absolute atomic E-state index is 0.0710. The van der Waals surface area contributed by atoms with Gasteiger partial charge in [-0.05, 0) is 35.9 Å². The molecule has 3 rings (SSSR count). The molecule has 0 bridgehead atoms. The summed E-state index contributed by atoms with van der Waals surface area (Å²) in [6, 6.07) is 11.5. The van der Waals surface area contributed by atoms with Gasteiger partial charge >= 0.3 is 6.61 Å². The Labute approximate surface area is 143 Å². The van der Waals surface area contributed by atoms with Gasteiger partial charge in [-0.1, -0.05) is 18.2 Å². The lowest BCUT2D eigenvalue weighted by atomic mass is 10.0. The van der Waals surface area contributed by atoms with E-state index in [1.807, 2.05) is 0 Å². The van der Waals surface area contributed by atoms with Crippen molar-refractivity contribution in [3.8, 4) is 5.75 Å². The van der Waals surface area contributed by atoms with Crippen LogP contribution in [0.1, 0.15) is 22.0 Å². The number of alkyl halides is 2. The maximum absolute atomic E-state index is 13.5. The maximum Gasteiger partial charge on any atom is 0.387 e. The standard InChI is InChI=1S/C18H17F3N2O2/c19-14-5-1-3-12(9-14)16-11-22-7-8-23(16)17(24)13-4-2-6-15(10-13)25-18(20)21/h1-6,9-10,16,18,22H,7-8,11H2. The second-order valence-electron chi connectivity index (χ2n) is 5.68. The number of ether oxygens (including phenoxy) is 1. The normalized spacial score (nSPS) is 17.6. The molecule has 0 aliphatic carbocycles. The fraction of sp³-hybridized carbons (Fsp3) is 0.278. The first-order chi connectivity index (χ1) is 12.0. The zero-order chi connectivity index (χ0) is 17.8. The summed E-state index contributed by atoms with van der Waals surface area (Å²) < 4.78 is 42.6. The summed E-state index contributed by atoms with van der Waals surface area (Å²) in [5, 5.41) is 3.19. The number of hydrogen-bond acceptors (Lipinski definition) is 3. The van der Waals surface area contributed by atoms with Crippen LogP contribution in [0.4, 0.5) is 13.2 Å². The van der Waals surface area contributed by atoms with E-state index >= 15 is 0 Å². The Hall–Kier alpha value is -2.54. The van der Waals surface area contributed by atoms with E-state index in [0.29, 0.717) is 25.2 Å². The third-order valence-electron chi connectivity index (χ3n) is 4.04. The molecule has 2 aromatic rings. The van der Waals surface area contributed by atoms with E-state index < -0.39 is 6.61 Å². The first-order valence-corrected chi connectivity index (χ1v) is 7.86. The van der Waals surface area contributed by atoms with Crippen molar-refractivity contribution in [2.45, 2.75) is 12.7 Å². The van der Waals surface area contributed by atoms with Gasteiger partial charge < -0.3 is 15.0 Å². The third kappa shape index (κ3) is 4.11. The number of halogens is 3. The molecule has 1 unspecified atom stereocenters. The van der Waals surface area contributed by atoms with Crippen LogP contribution in [-0.4, -0.2) is 37.1 Å². The molecule has 1 N–H and O–H groups in total. The van der Waals surface area contributed by atoms with Crippen molar-refractivity contribution in [3.63, 3.8) is 0 Å². The Balaban J connectivity index is 1.86. The van der Waals surface area contributed by atoms with Crippen LogP contribution < -0.4 is 10.1 Å². The summed E-state index contributed by atoms with van der Waals surface area (Å²) in [7, 11) is 0. The zero-order valence-electron chi connectivity index (χ0n) is 13.3. The van der Waals surface area contributed by atoms with E-state index in [1.54, 1.807) is 23.1 Å². The highest BCUT2D eigenvalue weighted by Gasteiger charge is 2.29. The maximum atomic E-state index is 13.5. The first kappa shape index (κ1) is 17.3. The van der Waals surface area contributed by atoms with Gasteiger partial charge in [-0.2, -0.15) is 8.78 Å². The van der Waals surface area contributed by atoms with E-state index in [1.165, 1.54) is 30.3 Å². The van der Waals surface area contributed by atoms with Gasteiger partial charge in [0.25, 0.3) is 5.91 Å². The second kappa shape index (κ2) is 7.57. The predicted molar refractivity (Wildman–Crippen MR) is 86.1 cm³/mol. The van der Waals surface area contributed by atoms with Gasteiger partial charge in [-0.25, -0.2) is 4.39 Å². The molecule has 1 heterocycles. The number of amides is 1. The molecule has 1 aliphatic heterocycles. The molecule has 1 fully saturated rings. The Morgan fingerprint density at radius 1 is 1.20 bits per heavy atom. The summed E-state index contributed by atoms with van der Waals surface area (Å²) in [5.41, 5.74) is 0.932. The fourth-order valence-corrected chi connectivity index (χ4v) is 2.93. The SMILES string of the molecule is O=C(c1cccc(OC(F)F)c1)N1CCNCC1c1cccc(F)c1. The van der Waals surface area contributed by atoms with Crippen molar-refractivity contribution in [1.29, 1.82) is 0 Å². The zero-order valence-corrected chi connectivity index (χ0v) is 13.3. The van der Waals surface area contributed by atoms with Crippen LogP contribution in [0.25, 0.3) is 0 Å². The quantitative estimate of drug-likeness (QED) is 0.921.